The van der Waals surface area contributed by atoms with Crippen LogP contribution >= 0.6 is 0 Å². The van der Waals surface area contributed by atoms with E-state index in [4.69, 9.17) is 0 Å². The van der Waals surface area contributed by atoms with Crippen molar-refractivity contribution >= 4 is 18.4 Å². The Hall–Kier alpha value is -3.28. The molecule has 0 fully saturated rings. The highest BCUT2D eigenvalue weighted by Gasteiger charge is 2.05. The maximum atomic E-state index is 4.39. The van der Waals surface area contributed by atoms with Crippen LogP contribution in [-0.2, 0) is 0 Å². The van der Waals surface area contributed by atoms with Crippen molar-refractivity contribution in [2.75, 3.05) is 5.43 Å². The maximum absolute atomic E-state index is 4.39. The van der Waals surface area contributed by atoms with Gasteiger partial charge >= 0.3 is 0 Å². The Balaban J connectivity index is 1.74. The van der Waals surface area contributed by atoms with Gasteiger partial charge in [0.1, 0.15) is 0 Å². The van der Waals surface area contributed by atoms with E-state index in [0.717, 1.165) is 11.1 Å². The molecule has 0 spiro atoms. The minimum Gasteiger partial charge on any atom is -0.244 e. The van der Waals surface area contributed by atoms with Crippen molar-refractivity contribution in [1.29, 1.82) is 0 Å². The van der Waals surface area contributed by atoms with Gasteiger partial charge in [0.25, 0.3) is 5.95 Å². The van der Waals surface area contributed by atoms with E-state index in [1.54, 1.807) is 17.1 Å². The summed E-state index contributed by atoms with van der Waals surface area (Å²) < 4.78 is 1.61. The fraction of sp³-hybridized carbons (Fsp3) is 0.0588. The van der Waals surface area contributed by atoms with Crippen LogP contribution in [0.1, 0.15) is 17.0 Å². The second kappa shape index (κ2) is 7.13. The van der Waals surface area contributed by atoms with Crippen LogP contribution in [0.3, 0.4) is 0 Å². The van der Waals surface area contributed by atoms with Crippen LogP contribution in [0.2, 0.25) is 0 Å². The molecule has 6 nitrogen and oxygen atoms in total. The van der Waals surface area contributed by atoms with Crippen LogP contribution in [-0.4, -0.2) is 27.3 Å². The molecule has 0 amide bonds. The average molecular weight is 304 g/mol. The molecule has 0 saturated heterocycles. The summed E-state index contributed by atoms with van der Waals surface area (Å²) in [6, 6.07) is 19.6. The zero-order valence-corrected chi connectivity index (χ0v) is 12.7. The SMILES string of the molecule is Cc1nnc(N/N=C\c2ccccc2)n1/N=C\c1ccccc1. The van der Waals surface area contributed by atoms with E-state index in [9.17, 15) is 0 Å². The summed E-state index contributed by atoms with van der Waals surface area (Å²) >= 11 is 0. The highest BCUT2D eigenvalue weighted by molar-refractivity contribution is 5.80. The van der Waals surface area contributed by atoms with Gasteiger partial charge in [-0.25, -0.2) is 5.43 Å². The van der Waals surface area contributed by atoms with E-state index in [1.165, 1.54) is 0 Å². The Bertz CT molecular complexity index is 806. The number of nitrogens with one attached hydrogen (secondary N) is 1. The molecule has 0 aliphatic rings. The van der Waals surface area contributed by atoms with Gasteiger partial charge in [-0.3, -0.25) is 0 Å². The normalized spacial score (nSPS) is 11.3. The summed E-state index contributed by atoms with van der Waals surface area (Å²) in [7, 11) is 0. The van der Waals surface area contributed by atoms with E-state index in [0.29, 0.717) is 11.8 Å². The first-order chi connectivity index (χ1) is 11.3. The third-order valence-corrected chi connectivity index (χ3v) is 3.10. The summed E-state index contributed by atoms with van der Waals surface area (Å²) in [5.41, 5.74) is 4.86. The summed E-state index contributed by atoms with van der Waals surface area (Å²) in [5.74, 6) is 1.14. The maximum Gasteiger partial charge on any atom is 0.266 e. The fourth-order valence-electron chi connectivity index (χ4n) is 1.93. The number of hydrazone groups is 1. The predicted octanol–water partition coefficient (Wildman–Crippen LogP) is 2.91. The molecule has 1 aromatic heterocycles. The van der Waals surface area contributed by atoms with Crippen molar-refractivity contribution in [2.24, 2.45) is 10.2 Å². The van der Waals surface area contributed by atoms with Gasteiger partial charge in [0.15, 0.2) is 5.82 Å². The van der Waals surface area contributed by atoms with Crippen LogP contribution < -0.4 is 5.43 Å². The molecule has 0 saturated carbocycles. The number of hydrogen-bond acceptors (Lipinski definition) is 5. The lowest BCUT2D eigenvalue weighted by atomic mass is 10.2. The highest BCUT2D eigenvalue weighted by Crippen LogP contribution is 2.07. The topological polar surface area (TPSA) is 67.5 Å². The van der Waals surface area contributed by atoms with Crippen LogP contribution in [0.5, 0.6) is 0 Å². The van der Waals surface area contributed by atoms with Gasteiger partial charge in [0.2, 0.25) is 0 Å². The van der Waals surface area contributed by atoms with E-state index < -0.39 is 0 Å². The largest absolute Gasteiger partial charge is 0.266 e. The lowest BCUT2D eigenvalue weighted by molar-refractivity contribution is 0.834. The van der Waals surface area contributed by atoms with Gasteiger partial charge in [0, 0.05) is 0 Å². The molecular weight excluding hydrogens is 288 g/mol. The van der Waals surface area contributed by atoms with E-state index in [-0.39, 0.29) is 0 Å². The number of benzene rings is 2. The van der Waals surface area contributed by atoms with Crippen molar-refractivity contribution in [3.63, 3.8) is 0 Å². The fourth-order valence-corrected chi connectivity index (χ4v) is 1.93. The number of anilines is 1. The number of nitrogens with zero attached hydrogens (tertiary/aromatic N) is 5. The van der Waals surface area contributed by atoms with Crippen molar-refractivity contribution in [3.8, 4) is 0 Å². The van der Waals surface area contributed by atoms with Crippen molar-refractivity contribution in [2.45, 2.75) is 6.92 Å². The average Bonchev–Trinajstić information content (AvgIpc) is 2.95. The van der Waals surface area contributed by atoms with Crippen molar-refractivity contribution < 1.29 is 0 Å². The molecule has 0 bridgehead atoms. The molecular formula is C17H16N6. The molecule has 0 atom stereocenters. The van der Waals surface area contributed by atoms with Crippen LogP contribution in [0, 0.1) is 6.92 Å². The quantitative estimate of drug-likeness (QED) is 0.582. The Morgan fingerprint density at radius 2 is 1.48 bits per heavy atom. The second-order valence-corrected chi connectivity index (χ2v) is 4.82. The monoisotopic (exact) mass is 304 g/mol. The summed E-state index contributed by atoms with van der Waals surface area (Å²) in [6.45, 7) is 1.83. The number of hydrogen-bond donors (Lipinski definition) is 1. The second-order valence-electron chi connectivity index (χ2n) is 4.82. The third-order valence-electron chi connectivity index (χ3n) is 3.10. The Labute approximate surface area is 134 Å². The van der Waals surface area contributed by atoms with E-state index >= 15 is 0 Å². The Morgan fingerprint density at radius 1 is 0.870 bits per heavy atom. The zero-order valence-electron chi connectivity index (χ0n) is 12.7. The van der Waals surface area contributed by atoms with Gasteiger partial charge in [-0.2, -0.15) is 14.9 Å². The minimum absolute atomic E-state index is 0.460. The first-order valence-electron chi connectivity index (χ1n) is 7.18. The first-order valence-corrected chi connectivity index (χ1v) is 7.18. The lowest BCUT2D eigenvalue weighted by Gasteiger charge is -2.01. The molecule has 2 aromatic carbocycles. The molecule has 1 heterocycles. The molecule has 3 aromatic rings. The molecule has 3 rings (SSSR count). The summed E-state index contributed by atoms with van der Waals surface area (Å²) in [6.07, 6.45) is 3.47. The molecule has 0 unspecified atom stereocenters. The van der Waals surface area contributed by atoms with Crippen LogP contribution in [0.4, 0.5) is 5.95 Å². The van der Waals surface area contributed by atoms with Crippen molar-refractivity contribution in [1.82, 2.24) is 14.9 Å². The number of aryl methyl sites for hydroxylation is 1. The molecule has 0 radical (unpaired) electrons. The number of rotatable bonds is 5. The van der Waals surface area contributed by atoms with Gasteiger partial charge < -0.3 is 0 Å². The molecule has 6 heteroatoms. The molecule has 0 aliphatic carbocycles. The summed E-state index contributed by atoms with van der Waals surface area (Å²) in [5, 5.41) is 16.6. The zero-order chi connectivity index (χ0) is 15.9. The minimum atomic E-state index is 0.460. The number of aromatic nitrogens is 3. The Kier molecular flexibility index (Phi) is 4.54. The van der Waals surface area contributed by atoms with Crippen molar-refractivity contribution in [3.05, 3.63) is 77.6 Å². The standard InChI is InChI=1S/C17H16N6/c1-14-20-22-17(21-18-12-15-8-4-2-5-9-15)23(14)19-13-16-10-6-3-7-11-16/h2-13H,1H3,(H,21,22)/b18-12-,19-13-. The van der Waals surface area contributed by atoms with E-state index in [1.807, 2.05) is 67.6 Å². The van der Waals surface area contributed by atoms with Crippen LogP contribution in [0.25, 0.3) is 0 Å². The summed E-state index contributed by atoms with van der Waals surface area (Å²) in [4.78, 5) is 0. The Morgan fingerprint density at radius 3 is 2.13 bits per heavy atom. The molecule has 23 heavy (non-hydrogen) atoms. The van der Waals surface area contributed by atoms with Gasteiger partial charge in [0.05, 0.1) is 12.4 Å². The predicted molar refractivity (Wildman–Crippen MR) is 91.9 cm³/mol. The van der Waals surface area contributed by atoms with Gasteiger partial charge in [-0.05, 0) is 18.1 Å². The lowest BCUT2D eigenvalue weighted by Crippen LogP contribution is -2.01. The molecule has 114 valence electrons. The van der Waals surface area contributed by atoms with Gasteiger partial charge in [-0.15, -0.1) is 10.2 Å². The van der Waals surface area contributed by atoms with Crippen LogP contribution in [0.15, 0.2) is 70.9 Å². The third kappa shape index (κ3) is 3.88. The highest BCUT2D eigenvalue weighted by atomic mass is 15.5. The van der Waals surface area contributed by atoms with Gasteiger partial charge in [-0.1, -0.05) is 60.7 Å². The molecule has 1 N–H and O–H groups in total. The smallest absolute Gasteiger partial charge is 0.244 e. The molecule has 0 aliphatic heterocycles. The van der Waals surface area contributed by atoms with E-state index in [2.05, 4.69) is 25.8 Å². The first kappa shape index (κ1) is 14.6.